The number of pyridine rings is 1. The fourth-order valence-electron chi connectivity index (χ4n) is 3.07. The lowest BCUT2D eigenvalue weighted by molar-refractivity contribution is -0.384. The van der Waals surface area contributed by atoms with Gasteiger partial charge in [-0.1, -0.05) is 17.4 Å². The average Bonchev–Trinajstić information content (AvgIpc) is 3.26. The van der Waals surface area contributed by atoms with Crippen LogP contribution in [0.5, 0.6) is 11.5 Å². The van der Waals surface area contributed by atoms with Crippen molar-refractivity contribution in [3.8, 4) is 11.5 Å². The highest BCUT2D eigenvalue weighted by atomic mass is 32.1. The molecule has 0 unspecified atom stereocenters. The molecule has 10 heteroatoms. The summed E-state index contributed by atoms with van der Waals surface area (Å²) in [5.74, 6) is 0.934. The number of ether oxygens (including phenoxy) is 2. The topological polar surface area (TPSA) is 108 Å². The Morgan fingerprint density at radius 2 is 1.85 bits per heavy atom. The number of nitrogens with zero attached hydrogens (tertiary/aromatic N) is 4. The number of thiazole rings is 1. The van der Waals surface area contributed by atoms with Crippen molar-refractivity contribution < 1.29 is 19.2 Å². The van der Waals surface area contributed by atoms with Crippen LogP contribution in [0, 0.1) is 10.1 Å². The van der Waals surface area contributed by atoms with Gasteiger partial charge in [0.1, 0.15) is 11.5 Å². The molecule has 4 aromatic rings. The molecule has 0 N–H and O–H groups in total. The summed E-state index contributed by atoms with van der Waals surface area (Å²) in [5, 5.41) is 11.5. The van der Waals surface area contributed by atoms with Crippen LogP contribution in [0.3, 0.4) is 0 Å². The van der Waals surface area contributed by atoms with Gasteiger partial charge in [-0.15, -0.1) is 0 Å². The van der Waals surface area contributed by atoms with Crippen LogP contribution in [-0.4, -0.2) is 34.0 Å². The molecule has 9 nitrogen and oxygen atoms in total. The highest BCUT2D eigenvalue weighted by molar-refractivity contribution is 7.22. The third-order valence-corrected chi connectivity index (χ3v) is 5.69. The Hall–Kier alpha value is -4.05. The molecule has 4 rings (SSSR count). The zero-order chi connectivity index (χ0) is 23.2. The summed E-state index contributed by atoms with van der Waals surface area (Å²) in [7, 11) is 0. The van der Waals surface area contributed by atoms with Gasteiger partial charge in [-0.25, -0.2) is 4.98 Å². The van der Waals surface area contributed by atoms with Crippen LogP contribution in [0.1, 0.15) is 12.6 Å². The van der Waals surface area contributed by atoms with Gasteiger partial charge in [0.15, 0.2) is 11.7 Å². The van der Waals surface area contributed by atoms with E-state index in [0.717, 1.165) is 5.75 Å². The molecule has 0 saturated carbocycles. The van der Waals surface area contributed by atoms with E-state index in [0.29, 0.717) is 33.4 Å². The maximum absolute atomic E-state index is 13.1. The van der Waals surface area contributed by atoms with Crippen LogP contribution >= 0.6 is 11.3 Å². The predicted octanol–water partition coefficient (Wildman–Crippen LogP) is 4.61. The molecule has 0 aliphatic carbocycles. The average molecular weight is 465 g/mol. The third-order valence-electron chi connectivity index (χ3n) is 4.65. The number of anilines is 1. The quantitative estimate of drug-likeness (QED) is 0.263. The summed E-state index contributed by atoms with van der Waals surface area (Å²) in [6.45, 7) is 2.44. The van der Waals surface area contributed by atoms with E-state index in [-0.39, 0.29) is 24.7 Å². The molecule has 0 aliphatic heterocycles. The summed E-state index contributed by atoms with van der Waals surface area (Å²) in [5.41, 5.74) is 1.23. The van der Waals surface area contributed by atoms with E-state index in [1.54, 1.807) is 42.6 Å². The monoisotopic (exact) mass is 464 g/mol. The number of non-ortho nitro benzene ring substituents is 1. The van der Waals surface area contributed by atoms with Gasteiger partial charge in [-0.2, -0.15) is 0 Å². The van der Waals surface area contributed by atoms with E-state index in [2.05, 4.69) is 9.97 Å². The minimum absolute atomic E-state index is 0.0286. The maximum Gasteiger partial charge on any atom is 0.270 e. The van der Waals surface area contributed by atoms with Crippen molar-refractivity contribution in [2.45, 2.75) is 13.5 Å². The van der Waals surface area contributed by atoms with E-state index in [1.807, 2.05) is 19.1 Å². The molecule has 0 fully saturated rings. The first-order chi connectivity index (χ1) is 16.0. The van der Waals surface area contributed by atoms with Gasteiger partial charge in [0.2, 0.25) is 0 Å². The highest BCUT2D eigenvalue weighted by Crippen LogP contribution is 2.32. The zero-order valence-corrected chi connectivity index (χ0v) is 18.5. The van der Waals surface area contributed by atoms with Crippen molar-refractivity contribution in [2.75, 3.05) is 18.1 Å². The smallest absolute Gasteiger partial charge is 0.270 e. The first kappa shape index (κ1) is 22.2. The number of rotatable bonds is 9. The normalized spacial score (nSPS) is 10.7. The second-order valence-electron chi connectivity index (χ2n) is 6.90. The Bertz CT molecular complexity index is 1260. The number of aromatic nitrogens is 2. The van der Waals surface area contributed by atoms with Crippen LogP contribution in [0.2, 0.25) is 0 Å². The summed E-state index contributed by atoms with van der Waals surface area (Å²) in [6.07, 6.45) is 1.65. The summed E-state index contributed by atoms with van der Waals surface area (Å²) in [6, 6.07) is 16.9. The van der Waals surface area contributed by atoms with Crippen molar-refractivity contribution in [1.82, 2.24) is 9.97 Å². The molecule has 0 radical (unpaired) electrons. The summed E-state index contributed by atoms with van der Waals surface area (Å²) in [4.78, 5) is 34.1. The summed E-state index contributed by atoms with van der Waals surface area (Å²) >= 11 is 1.20. The molecule has 168 valence electrons. The van der Waals surface area contributed by atoms with Crippen molar-refractivity contribution in [1.29, 1.82) is 0 Å². The standard InChI is InChI=1S/C23H20N4O5S/c1-2-31-18-7-9-19(10-8-18)32-15-22(28)26(14-16-5-3-4-12-24-16)23-25-20-11-6-17(27(29)30)13-21(20)33-23/h3-13H,2,14-15H2,1H3. The Morgan fingerprint density at radius 1 is 1.09 bits per heavy atom. The number of hydrogen-bond donors (Lipinski definition) is 0. The first-order valence-electron chi connectivity index (χ1n) is 10.1. The summed E-state index contributed by atoms with van der Waals surface area (Å²) < 4.78 is 11.7. The lowest BCUT2D eigenvalue weighted by Gasteiger charge is -2.19. The second-order valence-corrected chi connectivity index (χ2v) is 7.91. The third kappa shape index (κ3) is 5.42. The fourth-order valence-corrected chi connectivity index (χ4v) is 4.08. The number of hydrogen-bond acceptors (Lipinski definition) is 8. The van der Waals surface area contributed by atoms with Crippen LogP contribution in [0.4, 0.5) is 10.8 Å². The minimum atomic E-state index is -0.458. The molecule has 0 spiro atoms. The van der Waals surface area contributed by atoms with Crippen LogP contribution in [0.15, 0.2) is 66.9 Å². The largest absolute Gasteiger partial charge is 0.494 e. The Morgan fingerprint density at radius 3 is 2.52 bits per heavy atom. The molecule has 0 aliphatic rings. The second kappa shape index (κ2) is 10.0. The molecule has 33 heavy (non-hydrogen) atoms. The van der Waals surface area contributed by atoms with Gasteiger partial charge < -0.3 is 9.47 Å². The molecule has 1 amide bonds. The minimum Gasteiger partial charge on any atom is -0.494 e. The Labute approximate surface area is 193 Å². The molecule has 0 atom stereocenters. The number of carbonyl (C=O) groups excluding carboxylic acids is 1. The maximum atomic E-state index is 13.1. The van der Waals surface area contributed by atoms with Crippen molar-refractivity contribution >= 4 is 38.3 Å². The van der Waals surface area contributed by atoms with Crippen LogP contribution in [-0.2, 0) is 11.3 Å². The number of benzene rings is 2. The molecule has 0 bridgehead atoms. The number of amides is 1. The van der Waals surface area contributed by atoms with Gasteiger partial charge in [-0.05, 0) is 49.4 Å². The predicted molar refractivity (Wildman–Crippen MR) is 125 cm³/mol. The van der Waals surface area contributed by atoms with E-state index in [1.165, 1.54) is 28.4 Å². The van der Waals surface area contributed by atoms with Gasteiger partial charge in [0.25, 0.3) is 11.6 Å². The van der Waals surface area contributed by atoms with Gasteiger partial charge in [-0.3, -0.25) is 24.8 Å². The molecule has 2 aromatic carbocycles. The Kier molecular flexibility index (Phi) is 6.75. The molecule has 2 heterocycles. The number of carbonyl (C=O) groups is 1. The van der Waals surface area contributed by atoms with Crippen molar-refractivity contribution in [3.63, 3.8) is 0 Å². The highest BCUT2D eigenvalue weighted by Gasteiger charge is 2.22. The van der Waals surface area contributed by atoms with E-state index >= 15 is 0 Å². The number of nitro benzene ring substituents is 1. The van der Waals surface area contributed by atoms with Crippen LogP contribution < -0.4 is 14.4 Å². The van der Waals surface area contributed by atoms with Gasteiger partial charge in [0, 0.05) is 18.3 Å². The lowest BCUT2D eigenvalue weighted by Crippen LogP contribution is -2.34. The SMILES string of the molecule is CCOc1ccc(OCC(=O)N(Cc2ccccn2)c2nc3ccc([N+](=O)[O-])cc3s2)cc1. The van der Waals surface area contributed by atoms with E-state index in [4.69, 9.17) is 9.47 Å². The molecular weight excluding hydrogens is 444 g/mol. The van der Waals surface area contributed by atoms with E-state index in [9.17, 15) is 14.9 Å². The van der Waals surface area contributed by atoms with E-state index < -0.39 is 4.92 Å². The van der Waals surface area contributed by atoms with Crippen molar-refractivity contribution in [3.05, 3.63) is 82.7 Å². The molecule has 0 saturated heterocycles. The Balaban J connectivity index is 1.57. The number of nitro groups is 1. The zero-order valence-electron chi connectivity index (χ0n) is 17.7. The lowest BCUT2D eigenvalue weighted by atomic mass is 10.3. The van der Waals surface area contributed by atoms with Crippen LogP contribution in [0.25, 0.3) is 10.2 Å². The van der Waals surface area contributed by atoms with Gasteiger partial charge in [0.05, 0.1) is 34.0 Å². The fraction of sp³-hybridized carbons (Fsp3) is 0.174. The molecular formula is C23H20N4O5S. The number of fused-ring (bicyclic) bond motifs is 1. The molecule has 2 aromatic heterocycles. The van der Waals surface area contributed by atoms with Crippen molar-refractivity contribution in [2.24, 2.45) is 0 Å². The van der Waals surface area contributed by atoms with Gasteiger partial charge >= 0.3 is 0 Å². The first-order valence-corrected chi connectivity index (χ1v) is 11.0.